The van der Waals surface area contributed by atoms with Crippen molar-refractivity contribution in [3.05, 3.63) is 41.8 Å². The van der Waals surface area contributed by atoms with Crippen LogP contribution in [0.15, 0.2) is 30.5 Å². The van der Waals surface area contributed by atoms with Crippen LogP contribution in [0.2, 0.25) is 0 Å². The Morgan fingerprint density at radius 1 is 1.37 bits per heavy atom. The Balaban J connectivity index is 2.15. The summed E-state index contributed by atoms with van der Waals surface area (Å²) in [6, 6.07) is 6.09. The van der Waals surface area contributed by atoms with E-state index in [4.69, 9.17) is 4.74 Å². The molecule has 0 aliphatic heterocycles. The summed E-state index contributed by atoms with van der Waals surface area (Å²) < 4.78 is 17.9. The molecule has 2 aromatic rings. The minimum Gasteiger partial charge on any atom is -0.388 e. The standard InChI is InChI=1S/C14H17FN2O2/c1-19-8-2-3-13(18)12-9-16-17-14(12)10-4-6-11(15)7-5-10/h4-7,9,13,18H,2-3,8H2,1H3,(H,16,17). The van der Waals surface area contributed by atoms with Crippen molar-refractivity contribution >= 4 is 0 Å². The number of benzene rings is 1. The number of methoxy groups -OCH3 is 1. The van der Waals surface area contributed by atoms with Gasteiger partial charge in [-0.05, 0) is 37.1 Å². The summed E-state index contributed by atoms with van der Waals surface area (Å²) in [6.45, 7) is 0.612. The first-order valence-corrected chi connectivity index (χ1v) is 6.18. The van der Waals surface area contributed by atoms with Crippen molar-refractivity contribution in [2.45, 2.75) is 18.9 Å². The van der Waals surface area contributed by atoms with Crippen molar-refractivity contribution in [1.82, 2.24) is 10.2 Å². The molecule has 1 atom stereocenters. The zero-order chi connectivity index (χ0) is 13.7. The Labute approximate surface area is 111 Å². The van der Waals surface area contributed by atoms with Crippen molar-refractivity contribution in [1.29, 1.82) is 0 Å². The van der Waals surface area contributed by atoms with Gasteiger partial charge in [0, 0.05) is 24.8 Å². The molecule has 0 aliphatic rings. The molecule has 1 unspecified atom stereocenters. The van der Waals surface area contributed by atoms with E-state index < -0.39 is 6.10 Å². The lowest BCUT2D eigenvalue weighted by Crippen LogP contribution is -2.00. The molecule has 0 amide bonds. The molecule has 0 aliphatic carbocycles. The molecule has 1 heterocycles. The van der Waals surface area contributed by atoms with Gasteiger partial charge in [-0.3, -0.25) is 5.10 Å². The number of hydrogen-bond donors (Lipinski definition) is 2. The Kier molecular flexibility index (Phi) is 4.65. The van der Waals surface area contributed by atoms with Crippen LogP contribution < -0.4 is 0 Å². The molecule has 2 rings (SSSR count). The minimum absolute atomic E-state index is 0.287. The number of aromatic nitrogens is 2. The van der Waals surface area contributed by atoms with Crippen LogP contribution in [0.3, 0.4) is 0 Å². The Morgan fingerprint density at radius 2 is 2.11 bits per heavy atom. The number of H-pyrrole nitrogens is 1. The molecule has 2 N–H and O–H groups in total. The summed E-state index contributed by atoms with van der Waals surface area (Å²) in [7, 11) is 1.63. The highest BCUT2D eigenvalue weighted by Gasteiger charge is 2.15. The first-order valence-electron chi connectivity index (χ1n) is 6.18. The molecule has 0 fully saturated rings. The number of aliphatic hydroxyl groups excluding tert-OH is 1. The number of halogens is 1. The molecule has 5 heteroatoms. The first kappa shape index (κ1) is 13.7. The second kappa shape index (κ2) is 6.45. The van der Waals surface area contributed by atoms with E-state index in [1.807, 2.05) is 0 Å². The molecular formula is C14H17FN2O2. The summed E-state index contributed by atoms with van der Waals surface area (Å²) in [5.74, 6) is -0.287. The zero-order valence-electron chi connectivity index (χ0n) is 10.8. The predicted molar refractivity (Wildman–Crippen MR) is 70.1 cm³/mol. The third kappa shape index (κ3) is 3.39. The molecule has 1 aromatic carbocycles. The van der Waals surface area contributed by atoms with E-state index in [0.29, 0.717) is 13.0 Å². The molecule has 19 heavy (non-hydrogen) atoms. The number of aliphatic hydroxyl groups is 1. The van der Waals surface area contributed by atoms with Gasteiger partial charge < -0.3 is 9.84 Å². The molecule has 1 aromatic heterocycles. The van der Waals surface area contributed by atoms with E-state index >= 15 is 0 Å². The maximum Gasteiger partial charge on any atom is 0.123 e. The van der Waals surface area contributed by atoms with Crippen molar-refractivity contribution in [2.75, 3.05) is 13.7 Å². The maximum absolute atomic E-state index is 12.9. The monoisotopic (exact) mass is 264 g/mol. The third-order valence-electron chi connectivity index (χ3n) is 2.99. The Bertz CT molecular complexity index is 510. The molecule has 0 saturated carbocycles. The normalized spacial score (nSPS) is 12.6. The number of nitrogens with one attached hydrogen (secondary N) is 1. The number of aromatic amines is 1. The first-order chi connectivity index (χ1) is 9.22. The van der Waals surface area contributed by atoms with Gasteiger partial charge in [0.2, 0.25) is 0 Å². The Morgan fingerprint density at radius 3 is 2.79 bits per heavy atom. The fourth-order valence-corrected chi connectivity index (χ4v) is 1.97. The summed E-state index contributed by atoms with van der Waals surface area (Å²) >= 11 is 0. The zero-order valence-corrected chi connectivity index (χ0v) is 10.8. The lowest BCUT2D eigenvalue weighted by molar-refractivity contribution is 0.136. The fraction of sp³-hybridized carbons (Fsp3) is 0.357. The van der Waals surface area contributed by atoms with Crippen molar-refractivity contribution < 1.29 is 14.2 Å². The summed E-state index contributed by atoms with van der Waals surface area (Å²) in [4.78, 5) is 0. The average molecular weight is 264 g/mol. The molecule has 0 radical (unpaired) electrons. The van der Waals surface area contributed by atoms with Gasteiger partial charge in [-0.1, -0.05) is 0 Å². The van der Waals surface area contributed by atoms with E-state index in [1.165, 1.54) is 12.1 Å². The highest BCUT2D eigenvalue weighted by molar-refractivity contribution is 5.62. The molecule has 0 saturated heterocycles. The van der Waals surface area contributed by atoms with E-state index in [0.717, 1.165) is 23.2 Å². The van der Waals surface area contributed by atoms with Crippen LogP contribution in [0.25, 0.3) is 11.3 Å². The van der Waals surface area contributed by atoms with E-state index in [9.17, 15) is 9.50 Å². The van der Waals surface area contributed by atoms with E-state index in [2.05, 4.69) is 10.2 Å². The summed E-state index contributed by atoms with van der Waals surface area (Å²) in [5, 5.41) is 17.0. The fourth-order valence-electron chi connectivity index (χ4n) is 1.97. The summed E-state index contributed by atoms with van der Waals surface area (Å²) in [5.41, 5.74) is 2.26. The van der Waals surface area contributed by atoms with Crippen molar-refractivity contribution in [3.63, 3.8) is 0 Å². The SMILES string of the molecule is COCCCC(O)c1cn[nH]c1-c1ccc(F)cc1. The lowest BCUT2D eigenvalue weighted by Gasteiger charge is -2.10. The molecule has 0 bridgehead atoms. The third-order valence-corrected chi connectivity index (χ3v) is 2.99. The largest absolute Gasteiger partial charge is 0.388 e. The van der Waals surface area contributed by atoms with Crippen LogP contribution in [-0.2, 0) is 4.74 Å². The highest BCUT2D eigenvalue weighted by atomic mass is 19.1. The van der Waals surface area contributed by atoms with Crippen LogP contribution in [0.4, 0.5) is 4.39 Å². The average Bonchev–Trinajstić information content (AvgIpc) is 2.89. The van der Waals surface area contributed by atoms with Crippen LogP contribution in [0.5, 0.6) is 0 Å². The van der Waals surface area contributed by atoms with Crippen molar-refractivity contribution in [3.8, 4) is 11.3 Å². The number of ether oxygens (including phenoxy) is 1. The van der Waals surface area contributed by atoms with Gasteiger partial charge in [0.05, 0.1) is 18.0 Å². The number of hydrogen-bond acceptors (Lipinski definition) is 3. The van der Waals surface area contributed by atoms with Crippen LogP contribution >= 0.6 is 0 Å². The molecule has 102 valence electrons. The van der Waals surface area contributed by atoms with Gasteiger partial charge in [0.25, 0.3) is 0 Å². The quantitative estimate of drug-likeness (QED) is 0.789. The van der Waals surface area contributed by atoms with Gasteiger partial charge in [-0.25, -0.2) is 4.39 Å². The minimum atomic E-state index is -0.603. The van der Waals surface area contributed by atoms with Gasteiger partial charge in [0.15, 0.2) is 0 Å². The van der Waals surface area contributed by atoms with E-state index in [1.54, 1.807) is 25.4 Å². The van der Waals surface area contributed by atoms with E-state index in [-0.39, 0.29) is 5.82 Å². The van der Waals surface area contributed by atoms with Gasteiger partial charge in [-0.15, -0.1) is 0 Å². The summed E-state index contributed by atoms with van der Waals surface area (Å²) in [6.07, 6.45) is 2.37. The second-order valence-electron chi connectivity index (χ2n) is 4.36. The Hall–Kier alpha value is -1.72. The van der Waals surface area contributed by atoms with Crippen LogP contribution in [0.1, 0.15) is 24.5 Å². The smallest absolute Gasteiger partial charge is 0.123 e. The number of nitrogens with zero attached hydrogens (tertiary/aromatic N) is 1. The highest BCUT2D eigenvalue weighted by Crippen LogP contribution is 2.28. The van der Waals surface area contributed by atoms with Crippen molar-refractivity contribution in [2.24, 2.45) is 0 Å². The van der Waals surface area contributed by atoms with Gasteiger partial charge in [0.1, 0.15) is 5.82 Å². The number of rotatable bonds is 6. The van der Waals surface area contributed by atoms with Gasteiger partial charge in [-0.2, -0.15) is 5.10 Å². The van der Waals surface area contributed by atoms with Crippen LogP contribution in [-0.4, -0.2) is 29.0 Å². The van der Waals surface area contributed by atoms with Gasteiger partial charge >= 0.3 is 0 Å². The molecule has 0 spiro atoms. The topological polar surface area (TPSA) is 58.1 Å². The lowest BCUT2D eigenvalue weighted by atomic mass is 10.0. The molecule has 4 nitrogen and oxygen atoms in total. The van der Waals surface area contributed by atoms with Crippen LogP contribution in [0, 0.1) is 5.82 Å². The second-order valence-corrected chi connectivity index (χ2v) is 4.36. The predicted octanol–water partition coefficient (Wildman–Crippen LogP) is 2.68. The molecular weight excluding hydrogens is 247 g/mol. The maximum atomic E-state index is 12.9.